The summed E-state index contributed by atoms with van der Waals surface area (Å²) in [6.07, 6.45) is 0. The number of fused-ring (bicyclic) bond motifs is 2. The summed E-state index contributed by atoms with van der Waals surface area (Å²) in [6, 6.07) is 27.7. The van der Waals surface area contributed by atoms with Gasteiger partial charge in [0.25, 0.3) is 5.91 Å². The van der Waals surface area contributed by atoms with Crippen molar-refractivity contribution >= 4 is 33.1 Å². The Morgan fingerprint density at radius 3 is 1.78 bits per heavy atom. The first-order valence-corrected chi connectivity index (χ1v) is 7.60. The smallest absolute Gasteiger partial charge is 0.256 e. The molecule has 0 spiro atoms. The molecule has 0 saturated carbocycles. The van der Waals surface area contributed by atoms with E-state index in [1.54, 1.807) is 0 Å². The Morgan fingerprint density at radius 1 is 0.652 bits per heavy atom. The minimum Gasteiger partial charge on any atom is -0.322 e. The highest BCUT2D eigenvalue weighted by atomic mass is 16.1. The van der Waals surface area contributed by atoms with Gasteiger partial charge in [0, 0.05) is 5.69 Å². The fourth-order valence-electron chi connectivity index (χ4n) is 2.97. The van der Waals surface area contributed by atoms with Crippen LogP contribution in [-0.2, 0) is 0 Å². The van der Waals surface area contributed by atoms with E-state index in [0.717, 1.165) is 32.8 Å². The first kappa shape index (κ1) is 13.5. The molecule has 0 aliphatic rings. The van der Waals surface area contributed by atoms with E-state index < -0.39 is 0 Å². The predicted molar refractivity (Wildman–Crippen MR) is 95.8 cm³/mol. The molecule has 1 N–H and O–H groups in total. The Labute approximate surface area is 134 Å². The van der Waals surface area contributed by atoms with Crippen molar-refractivity contribution in [2.45, 2.75) is 0 Å². The Hall–Kier alpha value is -3.13. The monoisotopic (exact) mass is 297 g/mol. The lowest BCUT2D eigenvalue weighted by Gasteiger charge is -2.12. The van der Waals surface area contributed by atoms with Gasteiger partial charge in [-0.2, -0.15) is 0 Å². The maximum absolute atomic E-state index is 12.9. The number of nitrogens with one attached hydrogen (secondary N) is 1. The van der Waals surface area contributed by atoms with Gasteiger partial charge in [0.2, 0.25) is 0 Å². The highest BCUT2D eigenvalue weighted by Gasteiger charge is 2.14. The summed E-state index contributed by atoms with van der Waals surface area (Å²) in [6.45, 7) is 0. The van der Waals surface area contributed by atoms with E-state index in [9.17, 15) is 4.79 Å². The van der Waals surface area contributed by atoms with Crippen LogP contribution in [0.3, 0.4) is 0 Å². The molecule has 2 heteroatoms. The van der Waals surface area contributed by atoms with Gasteiger partial charge in [-0.15, -0.1) is 0 Å². The molecule has 1 amide bonds. The highest BCUT2D eigenvalue weighted by Crippen LogP contribution is 2.29. The number of carbonyl (C=O) groups is 1. The number of hydrogen-bond donors (Lipinski definition) is 1. The lowest BCUT2D eigenvalue weighted by Crippen LogP contribution is -2.13. The minimum atomic E-state index is -0.0794. The molecule has 2 nitrogen and oxygen atoms in total. The van der Waals surface area contributed by atoms with Crippen LogP contribution in [0.4, 0.5) is 5.69 Å². The molecule has 4 aromatic carbocycles. The summed E-state index contributed by atoms with van der Waals surface area (Å²) >= 11 is 0. The zero-order valence-corrected chi connectivity index (χ0v) is 12.5. The number of carbonyl (C=O) groups excluding carboxylic acids is 1. The molecule has 0 atom stereocenters. The van der Waals surface area contributed by atoms with Crippen molar-refractivity contribution in [3.8, 4) is 0 Å². The van der Waals surface area contributed by atoms with Gasteiger partial charge < -0.3 is 5.32 Å². The summed E-state index contributed by atoms with van der Waals surface area (Å²) in [7, 11) is 0. The van der Waals surface area contributed by atoms with Crippen LogP contribution in [0.1, 0.15) is 10.4 Å². The van der Waals surface area contributed by atoms with Crippen LogP contribution in [0, 0.1) is 0 Å². The number of amides is 1. The number of para-hydroxylation sites is 1. The molecule has 0 saturated heterocycles. The summed E-state index contributed by atoms with van der Waals surface area (Å²) in [5.74, 6) is -0.0794. The van der Waals surface area contributed by atoms with Crippen LogP contribution in [0.15, 0.2) is 84.9 Å². The molecular weight excluding hydrogens is 282 g/mol. The second kappa shape index (κ2) is 5.58. The topological polar surface area (TPSA) is 29.1 Å². The van der Waals surface area contributed by atoms with Gasteiger partial charge in [-0.1, -0.05) is 66.7 Å². The van der Waals surface area contributed by atoms with Crippen molar-refractivity contribution in [2.75, 3.05) is 5.32 Å². The minimum absolute atomic E-state index is 0.0794. The predicted octanol–water partition coefficient (Wildman–Crippen LogP) is 5.25. The molecule has 0 aliphatic heterocycles. The third kappa shape index (κ3) is 2.44. The Kier molecular flexibility index (Phi) is 3.28. The third-order valence-corrected chi connectivity index (χ3v) is 4.03. The molecule has 0 aromatic heterocycles. The lowest BCUT2D eigenvalue weighted by atomic mass is 9.96. The molecular formula is C21H15NO. The largest absolute Gasteiger partial charge is 0.322 e. The van der Waals surface area contributed by atoms with Gasteiger partial charge in [0.1, 0.15) is 0 Å². The fourth-order valence-corrected chi connectivity index (χ4v) is 2.97. The Bertz CT molecular complexity index is 952. The zero-order chi connectivity index (χ0) is 15.6. The molecule has 110 valence electrons. The lowest BCUT2D eigenvalue weighted by molar-refractivity contribution is 0.103. The van der Waals surface area contributed by atoms with Gasteiger partial charge in [-0.3, -0.25) is 4.79 Å². The quantitative estimate of drug-likeness (QED) is 0.503. The van der Waals surface area contributed by atoms with Crippen molar-refractivity contribution in [1.82, 2.24) is 0 Å². The van der Waals surface area contributed by atoms with Crippen molar-refractivity contribution in [2.24, 2.45) is 0 Å². The van der Waals surface area contributed by atoms with Gasteiger partial charge in [0.05, 0.1) is 5.56 Å². The van der Waals surface area contributed by atoms with Crippen LogP contribution in [0.2, 0.25) is 0 Å². The van der Waals surface area contributed by atoms with E-state index in [1.165, 1.54) is 0 Å². The van der Waals surface area contributed by atoms with Gasteiger partial charge >= 0.3 is 0 Å². The average molecular weight is 297 g/mol. The van der Waals surface area contributed by atoms with Crippen molar-refractivity contribution < 1.29 is 4.79 Å². The standard InChI is InChI=1S/C21H15NO/c23-21(22-17-10-2-1-3-11-17)20-18-12-6-4-8-15(18)14-16-9-5-7-13-19(16)20/h1-14H,(H,22,23). The number of hydrogen-bond acceptors (Lipinski definition) is 1. The first-order chi connectivity index (χ1) is 11.3. The van der Waals surface area contributed by atoms with Gasteiger partial charge in [-0.25, -0.2) is 0 Å². The summed E-state index contributed by atoms with van der Waals surface area (Å²) in [5.41, 5.74) is 1.53. The first-order valence-electron chi connectivity index (χ1n) is 7.60. The van der Waals surface area contributed by atoms with Crippen LogP contribution >= 0.6 is 0 Å². The second-order valence-corrected chi connectivity index (χ2v) is 5.51. The molecule has 0 fully saturated rings. The van der Waals surface area contributed by atoms with E-state index in [2.05, 4.69) is 11.4 Å². The molecule has 0 bridgehead atoms. The number of anilines is 1. The van der Waals surface area contributed by atoms with Crippen LogP contribution < -0.4 is 5.32 Å². The third-order valence-electron chi connectivity index (χ3n) is 4.03. The normalized spacial score (nSPS) is 10.8. The fraction of sp³-hybridized carbons (Fsp3) is 0. The maximum atomic E-state index is 12.9. The summed E-state index contributed by atoms with van der Waals surface area (Å²) in [4.78, 5) is 12.9. The zero-order valence-electron chi connectivity index (χ0n) is 12.5. The molecule has 23 heavy (non-hydrogen) atoms. The Morgan fingerprint density at radius 2 is 1.17 bits per heavy atom. The molecule has 0 unspecified atom stereocenters. The van der Waals surface area contributed by atoms with Crippen molar-refractivity contribution in [1.29, 1.82) is 0 Å². The van der Waals surface area contributed by atoms with Gasteiger partial charge in [-0.05, 0) is 39.7 Å². The van der Waals surface area contributed by atoms with E-state index in [1.807, 2.05) is 78.9 Å². The Balaban J connectivity index is 1.94. The summed E-state index contributed by atoms with van der Waals surface area (Å²) in [5, 5.41) is 7.09. The van der Waals surface area contributed by atoms with E-state index >= 15 is 0 Å². The maximum Gasteiger partial charge on any atom is 0.256 e. The number of benzene rings is 4. The average Bonchev–Trinajstić information content (AvgIpc) is 2.60. The van der Waals surface area contributed by atoms with E-state index in [-0.39, 0.29) is 5.91 Å². The second-order valence-electron chi connectivity index (χ2n) is 5.51. The van der Waals surface area contributed by atoms with Crippen molar-refractivity contribution in [3.63, 3.8) is 0 Å². The van der Waals surface area contributed by atoms with Crippen LogP contribution in [0.25, 0.3) is 21.5 Å². The molecule has 0 aliphatic carbocycles. The molecule has 4 rings (SSSR count). The number of rotatable bonds is 2. The van der Waals surface area contributed by atoms with E-state index in [4.69, 9.17) is 0 Å². The molecule has 4 aromatic rings. The van der Waals surface area contributed by atoms with Gasteiger partial charge in [0.15, 0.2) is 0 Å². The highest BCUT2D eigenvalue weighted by molar-refractivity contribution is 6.21. The SMILES string of the molecule is O=C(Nc1ccccc1)c1c2ccccc2cc2ccccc12. The van der Waals surface area contributed by atoms with Crippen LogP contribution in [0.5, 0.6) is 0 Å². The van der Waals surface area contributed by atoms with Crippen LogP contribution in [-0.4, -0.2) is 5.91 Å². The molecule has 0 radical (unpaired) electrons. The molecule has 0 heterocycles. The summed E-state index contributed by atoms with van der Waals surface area (Å²) < 4.78 is 0. The van der Waals surface area contributed by atoms with E-state index in [0.29, 0.717) is 0 Å². The van der Waals surface area contributed by atoms with Crippen molar-refractivity contribution in [3.05, 3.63) is 90.5 Å².